The van der Waals surface area contributed by atoms with Gasteiger partial charge in [0.15, 0.2) is 11.8 Å². The molecule has 106 valence electrons. The van der Waals surface area contributed by atoms with Crippen molar-refractivity contribution in [3.63, 3.8) is 0 Å². The molecule has 0 saturated carbocycles. The summed E-state index contributed by atoms with van der Waals surface area (Å²) < 4.78 is 18.0. The van der Waals surface area contributed by atoms with Crippen LogP contribution in [-0.2, 0) is 4.79 Å². The highest BCUT2D eigenvalue weighted by Crippen LogP contribution is 2.27. The molecule has 1 atom stereocenters. The maximum Gasteiger partial charge on any atom is 0.328 e. The smallest absolute Gasteiger partial charge is 0.328 e. The van der Waals surface area contributed by atoms with Gasteiger partial charge >= 0.3 is 5.97 Å². The molecule has 0 spiro atoms. The summed E-state index contributed by atoms with van der Waals surface area (Å²) in [5.41, 5.74) is 2.04. The molecule has 1 aromatic carbocycles. The van der Waals surface area contributed by atoms with Gasteiger partial charge < -0.3 is 14.8 Å². The van der Waals surface area contributed by atoms with Gasteiger partial charge in [-0.2, -0.15) is 0 Å². The first-order chi connectivity index (χ1) is 9.45. The SMILES string of the molecule is Cc1c(C(=O)NC(CF)C(=O)O)oc2c(C)cccc12. The minimum atomic E-state index is -1.57. The second-order valence-corrected chi connectivity index (χ2v) is 4.53. The quantitative estimate of drug-likeness (QED) is 0.899. The molecule has 0 saturated heterocycles. The third kappa shape index (κ3) is 2.36. The lowest BCUT2D eigenvalue weighted by Gasteiger charge is -2.09. The summed E-state index contributed by atoms with van der Waals surface area (Å²) in [7, 11) is 0. The summed E-state index contributed by atoms with van der Waals surface area (Å²) in [6, 6.07) is 3.91. The van der Waals surface area contributed by atoms with Gasteiger partial charge in [0.25, 0.3) is 5.91 Å². The number of rotatable bonds is 4. The molecule has 20 heavy (non-hydrogen) atoms. The Morgan fingerprint density at radius 1 is 1.40 bits per heavy atom. The number of amides is 1. The Morgan fingerprint density at radius 2 is 2.10 bits per heavy atom. The number of halogens is 1. The molecule has 2 N–H and O–H groups in total. The molecule has 5 nitrogen and oxygen atoms in total. The number of carboxylic acid groups (broad SMARTS) is 1. The first-order valence-corrected chi connectivity index (χ1v) is 6.04. The van der Waals surface area contributed by atoms with E-state index in [2.05, 4.69) is 5.32 Å². The minimum absolute atomic E-state index is 0.00833. The summed E-state index contributed by atoms with van der Waals surface area (Å²) in [6.45, 7) is 2.36. The number of benzene rings is 1. The number of alkyl halides is 1. The molecule has 0 aliphatic heterocycles. The highest BCUT2D eigenvalue weighted by Gasteiger charge is 2.24. The molecule has 0 fully saturated rings. The Kier molecular flexibility index (Phi) is 3.74. The van der Waals surface area contributed by atoms with Crippen molar-refractivity contribution < 1.29 is 23.5 Å². The van der Waals surface area contributed by atoms with E-state index in [1.807, 2.05) is 25.1 Å². The molecule has 6 heteroatoms. The van der Waals surface area contributed by atoms with Crippen LogP contribution in [0, 0.1) is 13.8 Å². The van der Waals surface area contributed by atoms with Crippen molar-refractivity contribution in [1.82, 2.24) is 5.32 Å². The Bertz CT molecular complexity index is 677. The van der Waals surface area contributed by atoms with Crippen LogP contribution < -0.4 is 5.32 Å². The average molecular weight is 279 g/mol. The van der Waals surface area contributed by atoms with Crippen molar-refractivity contribution in [1.29, 1.82) is 0 Å². The van der Waals surface area contributed by atoms with Crippen LogP contribution in [0.1, 0.15) is 21.7 Å². The summed E-state index contributed by atoms with van der Waals surface area (Å²) >= 11 is 0. The van der Waals surface area contributed by atoms with Gasteiger partial charge in [-0.15, -0.1) is 0 Å². The lowest BCUT2D eigenvalue weighted by molar-refractivity contribution is -0.139. The minimum Gasteiger partial charge on any atom is -0.480 e. The van der Waals surface area contributed by atoms with Gasteiger partial charge in [-0.05, 0) is 19.4 Å². The van der Waals surface area contributed by atoms with E-state index >= 15 is 0 Å². The van der Waals surface area contributed by atoms with E-state index in [4.69, 9.17) is 9.52 Å². The Morgan fingerprint density at radius 3 is 2.65 bits per heavy atom. The highest BCUT2D eigenvalue weighted by atomic mass is 19.1. The number of carbonyl (C=O) groups is 2. The van der Waals surface area contributed by atoms with Gasteiger partial charge in [0.1, 0.15) is 12.3 Å². The number of hydrogen-bond acceptors (Lipinski definition) is 3. The maximum atomic E-state index is 12.5. The number of hydrogen-bond donors (Lipinski definition) is 2. The molecular formula is C14H14FNO4. The number of carbonyl (C=O) groups excluding carboxylic acids is 1. The van der Waals surface area contributed by atoms with Crippen LogP contribution in [0.3, 0.4) is 0 Å². The predicted octanol–water partition coefficient (Wildman–Crippen LogP) is 2.20. The van der Waals surface area contributed by atoms with Gasteiger partial charge in [-0.3, -0.25) is 4.79 Å². The molecule has 0 bridgehead atoms. The number of carboxylic acids is 1. The first-order valence-electron chi connectivity index (χ1n) is 6.04. The Labute approximate surface area is 114 Å². The zero-order valence-electron chi connectivity index (χ0n) is 11.1. The lowest BCUT2D eigenvalue weighted by Crippen LogP contribution is -2.42. The molecular weight excluding hydrogens is 265 g/mol. The largest absolute Gasteiger partial charge is 0.480 e. The third-order valence-electron chi connectivity index (χ3n) is 3.12. The normalized spacial score (nSPS) is 12.3. The van der Waals surface area contributed by atoms with Crippen LogP contribution in [0.2, 0.25) is 0 Å². The average Bonchev–Trinajstić information content (AvgIpc) is 2.75. The molecule has 2 aromatic rings. The van der Waals surface area contributed by atoms with Crippen molar-refractivity contribution in [2.75, 3.05) is 6.67 Å². The summed E-state index contributed by atoms with van der Waals surface area (Å²) in [5, 5.41) is 11.6. The van der Waals surface area contributed by atoms with E-state index in [-0.39, 0.29) is 5.76 Å². The Hall–Kier alpha value is -2.37. The van der Waals surface area contributed by atoms with E-state index in [0.717, 1.165) is 10.9 Å². The maximum absolute atomic E-state index is 12.5. The third-order valence-corrected chi connectivity index (χ3v) is 3.12. The number of aryl methyl sites for hydroxylation is 2. The van der Waals surface area contributed by atoms with Gasteiger partial charge in [0.05, 0.1) is 0 Å². The van der Waals surface area contributed by atoms with Crippen LogP contribution in [0.25, 0.3) is 11.0 Å². The van der Waals surface area contributed by atoms with E-state index in [0.29, 0.717) is 11.1 Å². The van der Waals surface area contributed by atoms with Crippen molar-refractivity contribution in [3.05, 3.63) is 35.1 Å². The van der Waals surface area contributed by atoms with Crippen LogP contribution in [0.5, 0.6) is 0 Å². The second-order valence-electron chi connectivity index (χ2n) is 4.53. The van der Waals surface area contributed by atoms with Crippen molar-refractivity contribution >= 4 is 22.8 Å². The fourth-order valence-corrected chi connectivity index (χ4v) is 1.99. The number of para-hydroxylation sites is 1. The highest BCUT2D eigenvalue weighted by molar-refractivity contribution is 6.00. The molecule has 0 radical (unpaired) electrons. The van der Waals surface area contributed by atoms with E-state index < -0.39 is 24.6 Å². The van der Waals surface area contributed by atoms with Gasteiger partial charge in [-0.1, -0.05) is 18.2 Å². The van der Waals surface area contributed by atoms with Gasteiger partial charge in [0.2, 0.25) is 0 Å². The number of furan rings is 1. The fraction of sp³-hybridized carbons (Fsp3) is 0.286. The van der Waals surface area contributed by atoms with Gasteiger partial charge in [0, 0.05) is 10.9 Å². The van der Waals surface area contributed by atoms with E-state index in [1.165, 1.54) is 0 Å². The zero-order chi connectivity index (χ0) is 14.9. The predicted molar refractivity (Wildman–Crippen MR) is 70.6 cm³/mol. The number of aliphatic carboxylic acids is 1. The van der Waals surface area contributed by atoms with E-state index in [1.54, 1.807) is 6.92 Å². The summed E-state index contributed by atoms with van der Waals surface area (Å²) in [4.78, 5) is 22.7. The summed E-state index contributed by atoms with van der Waals surface area (Å²) in [6.07, 6.45) is 0. The summed E-state index contributed by atoms with van der Waals surface area (Å²) in [5.74, 6) is -2.15. The molecule has 0 aliphatic carbocycles. The van der Waals surface area contributed by atoms with Crippen LogP contribution in [-0.4, -0.2) is 29.7 Å². The van der Waals surface area contributed by atoms with Crippen molar-refractivity contribution in [3.8, 4) is 0 Å². The number of nitrogens with one attached hydrogen (secondary N) is 1. The van der Waals surface area contributed by atoms with Crippen molar-refractivity contribution in [2.24, 2.45) is 0 Å². The first kappa shape index (κ1) is 14.0. The zero-order valence-corrected chi connectivity index (χ0v) is 11.1. The second kappa shape index (κ2) is 5.32. The fourth-order valence-electron chi connectivity index (χ4n) is 1.99. The molecule has 1 amide bonds. The van der Waals surface area contributed by atoms with Crippen LogP contribution in [0.4, 0.5) is 4.39 Å². The Balaban J connectivity index is 2.38. The van der Waals surface area contributed by atoms with Crippen LogP contribution >= 0.6 is 0 Å². The standard InChI is InChI=1S/C14H14FNO4/c1-7-4-3-5-9-8(2)12(20-11(7)9)13(17)16-10(6-15)14(18)19/h3-5,10H,6H2,1-2H3,(H,16,17)(H,18,19). The topological polar surface area (TPSA) is 79.5 Å². The van der Waals surface area contributed by atoms with Gasteiger partial charge in [-0.25, -0.2) is 9.18 Å². The van der Waals surface area contributed by atoms with E-state index in [9.17, 15) is 14.0 Å². The molecule has 0 aliphatic rings. The lowest BCUT2D eigenvalue weighted by atomic mass is 10.1. The molecule has 1 aromatic heterocycles. The molecule has 1 heterocycles. The molecule has 1 unspecified atom stereocenters. The van der Waals surface area contributed by atoms with Crippen LogP contribution in [0.15, 0.2) is 22.6 Å². The van der Waals surface area contributed by atoms with Crippen molar-refractivity contribution in [2.45, 2.75) is 19.9 Å². The monoisotopic (exact) mass is 279 g/mol. The molecule has 2 rings (SSSR count). The number of fused-ring (bicyclic) bond motifs is 1.